The van der Waals surface area contributed by atoms with Crippen molar-refractivity contribution in [2.24, 2.45) is 0 Å². The number of aryl methyl sites for hydroxylation is 2. The summed E-state index contributed by atoms with van der Waals surface area (Å²) in [7, 11) is -2.18. The summed E-state index contributed by atoms with van der Waals surface area (Å²) in [6, 6.07) is 13.0. The molecule has 1 atom stereocenters. The van der Waals surface area contributed by atoms with Gasteiger partial charge in [-0.1, -0.05) is 30.3 Å². The second kappa shape index (κ2) is 9.07. The first-order valence-electron chi connectivity index (χ1n) is 9.77. The molecule has 0 saturated carbocycles. The van der Waals surface area contributed by atoms with Gasteiger partial charge in [-0.05, 0) is 49.1 Å². The number of carbonyl (C=O) groups excluding carboxylic acids is 1. The fourth-order valence-corrected chi connectivity index (χ4v) is 4.81. The number of benzene rings is 2. The molecule has 0 aromatic heterocycles. The van der Waals surface area contributed by atoms with Crippen molar-refractivity contribution in [3.8, 4) is 0 Å². The third-order valence-electron chi connectivity index (χ3n) is 5.45. The number of methoxy groups -OCH3 is 1. The maximum Gasteiger partial charge on any atom is 0.254 e. The Kier molecular flexibility index (Phi) is 6.72. The number of sulfonamides is 1. The van der Waals surface area contributed by atoms with Crippen molar-refractivity contribution < 1.29 is 17.9 Å². The molecule has 0 spiro atoms. The van der Waals surface area contributed by atoms with Crippen LogP contribution >= 0.6 is 0 Å². The summed E-state index contributed by atoms with van der Waals surface area (Å²) in [6.07, 6.45) is 0.909. The molecule has 1 amide bonds. The first-order valence-corrected chi connectivity index (χ1v) is 11.3. The SMILES string of the molecule is COCCNS(=O)(=O)c1ccc(C)c(C(=O)N2CCC(c3ccccc3C)C2)c1. The normalized spacial score (nSPS) is 16.9. The third kappa shape index (κ3) is 4.86. The maximum atomic E-state index is 13.2. The Hall–Kier alpha value is -2.22. The summed E-state index contributed by atoms with van der Waals surface area (Å²) in [4.78, 5) is 15.1. The zero-order valence-electron chi connectivity index (χ0n) is 17.1. The van der Waals surface area contributed by atoms with Crippen LogP contribution in [0.5, 0.6) is 0 Å². The molecule has 0 bridgehead atoms. The minimum absolute atomic E-state index is 0.0946. The average Bonchev–Trinajstić information content (AvgIpc) is 3.18. The molecule has 1 heterocycles. The molecule has 1 aliphatic rings. The van der Waals surface area contributed by atoms with E-state index < -0.39 is 10.0 Å². The Balaban J connectivity index is 1.78. The Morgan fingerprint density at radius 1 is 1.17 bits per heavy atom. The van der Waals surface area contributed by atoms with Crippen molar-refractivity contribution >= 4 is 15.9 Å². The van der Waals surface area contributed by atoms with Crippen LogP contribution in [0.2, 0.25) is 0 Å². The molecule has 7 heteroatoms. The van der Waals surface area contributed by atoms with Crippen LogP contribution in [0.4, 0.5) is 0 Å². The predicted molar refractivity (Wildman–Crippen MR) is 113 cm³/mol. The molecule has 0 radical (unpaired) electrons. The van der Waals surface area contributed by atoms with Gasteiger partial charge in [-0.2, -0.15) is 0 Å². The second-order valence-electron chi connectivity index (χ2n) is 7.46. The molecule has 1 aliphatic heterocycles. The highest BCUT2D eigenvalue weighted by Crippen LogP contribution is 2.30. The van der Waals surface area contributed by atoms with Gasteiger partial charge in [-0.25, -0.2) is 13.1 Å². The van der Waals surface area contributed by atoms with E-state index in [0.717, 1.165) is 12.0 Å². The van der Waals surface area contributed by atoms with Crippen molar-refractivity contribution in [3.63, 3.8) is 0 Å². The number of likely N-dealkylation sites (tertiary alicyclic amines) is 1. The third-order valence-corrected chi connectivity index (χ3v) is 6.91. The lowest BCUT2D eigenvalue weighted by atomic mass is 9.94. The van der Waals surface area contributed by atoms with Crippen LogP contribution in [0.1, 0.15) is 39.4 Å². The Morgan fingerprint density at radius 2 is 1.93 bits per heavy atom. The summed E-state index contributed by atoms with van der Waals surface area (Å²) >= 11 is 0. The number of nitrogens with one attached hydrogen (secondary N) is 1. The van der Waals surface area contributed by atoms with Crippen LogP contribution in [0.25, 0.3) is 0 Å². The predicted octanol–water partition coefficient (Wildman–Crippen LogP) is 2.86. The van der Waals surface area contributed by atoms with E-state index in [1.165, 1.54) is 30.4 Å². The smallest absolute Gasteiger partial charge is 0.254 e. The zero-order valence-corrected chi connectivity index (χ0v) is 18.0. The molecule has 1 unspecified atom stereocenters. The number of hydrogen-bond donors (Lipinski definition) is 1. The fourth-order valence-electron chi connectivity index (χ4n) is 3.77. The van der Waals surface area contributed by atoms with E-state index in [1.54, 1.807) is 6.07 Å². The summed E-state index contributed by atoms with van der Waals surface area (Å²) < 4.78 is 32.4. The first kappa shape index (κ1) is 21.5. The van der Waals surface area contributed by atoms with Crippen LogP contribution in [0.3, 0.4) is 0 Å². The molecule has 156 valence electrons. The lowest BCUT2D eigenvalue weighted by molar-refractivity contribution is 0.0790. The van der Waals surface area contributed by atoms with Gasteiger partial charge in [0.1, 0.15) is 0 Å². The molecule has 6 nitrogen and oxygen atoms in total. The number of amides is 1. The standard InChI is InChI=1S/C22H28N2O4S/c1-16-6-4-5-7-20(16)18-10-12-24(15-18)22(25)21-14-19(9-8-17(21)2)29(26,27)23-11-13-28-3/h4-9,14,18,23H,10-13,15H2,1-3H3. The highest BCUT2D eigenvalue weighted by atomic mass is 32.2. The molecule has 1 fully saturated rings. The van der Waals surface area contributed by atoms with E-state index in [9.17, 15) is 13.2 Å². The summed E-state index contributed by atoms with van der Waals surface area (Å²) in [5, 5.41) is 0. The molecular formula is C22H28N2O4S. The van der Waals surface area contributed by atoms with Crippen molar-refractivity contribution in [1.29, 1.82) is 0 Å². The first-order chi connectivity index (χ1) is 13.8. The number of hydrogen-bond acceptors (Lipinski definition) is 4. The van der Waals surface area contributed by atoms with E-state index in [0.29, 0.717) is 24.6 Å². The van der Waals surface area contributed by atoms with Crippen LogP contribution in [-0.4, -0.2) is 52.6 Å². The number of ether oxygens (including phenoxy) is 1. The maximum absolute atomic E-state index is 13.2. The minimum atomic E-state index is -3.69. The lowest BCUT2D eigenvalue weighted by Gasteiger charge is -2.19. The van der Waals surface area contributed by atoms with Gasteiger partial charge >= 0.3 is 0 Å². The molecule has 2 aromatic rings. The molecule has 0 aliphatic carbocycles. The highest BCUT2D eigenvalue weighted by Gasteiger charge is 2.30. The molecule has 3 rings (SSSR count). The van der Waals surface area contributed by atoms with Crippen LogP contribution in [-0.2, 0) is 14.8 Å². The Morgan fingerprint density at radius 3 is 2.66 bits per heavy atom. The number of carbonyl (C=O) groups is 1. The van der Waals surface area contributed by atoms with Crippen LogP contribution < -0.4 is 4.72 Å². The van der Waals surface area contributed by atoms with Crippen molar-refractivity contribution in [2.75, 3.05) is 33.4 Å². The monoisotopic (exact) mass is 416 g/mol. The molecular weight excluding hydrogens is 388 g/mol. The highest BCUT2D eigenvalue weighted by molar-refractivity contribution is 7.89. The fraction of sp³-hybridized carbons (Fsp3) is 0.409. The van der Waals surface area contributed by atoms with Gasteiger partial charge in [0, 0.05) is 38.2 Å². The van der Waals surface area contributed by atoms with Crippen LogP contribution in [0.15, 0.2) is 47.4 Å². The minimum Gasteiger partial charge on any atom is -0.383 e. The number of nitrogens with zero attached hydrogens (tertiary/aromatic N) is 1. The van der Waals surface area contributed by atoms with E-state index in [4.69, 9.17) is 4.74 Å². The largest absolute Gasteiger partial charge is 0.383 e. The summed E-state index contributed by atoms with van der Waals surface area (Å²) in [5.74, 6) is 0.190. The van der Waals surface area contributed by atoms with E-state index in [1.807, 2.05) is 24.0 Å². The molecule has 29 heavy (non-hydrogen) atoms. The lowest BCUT2D eigenvalue weighted by Crippen LogP contribution is -2.30. The van der Waals surface area contributed by atoms with Crippen LogP contribution in [0, 0.1) is 13.8 Å². The molecule has 1 N–H and O–H groups in total. The van der Waals surface area contributed by atoms with Gasteiger partial charge in [0.15, 0.2) is 0 Å². The average molecular weight is 417 g/mol. The topological polar surface area (TPSA) is 75.7 Å². The van der Waals surface area contributed by atoms with Gasteiger partial charge in [-0.15, -0.1) is 0 Å². The molecule has 2 aromatic carbocycles. The number of rotatable bonds is 7. The second-order valence-corrected chi connectivity index (χ2v) is 9.23. The summed E-state index contributed by atoms with van der Waals surface area (Å²) in [6.45, 7) is 5.70. The van der Waals surface area contributed by atoms with Gasteiger partial charge in [0.25, 0.3) is 5.91 Å². The van der Waals surface area contributed by atoms with Crippen molar-refractivity contribution in [1.82, 2.24) is 9.62 Å². The van der Waals surface area contributed by atoms with Gasteiger partial charge < -0.3 is 9.64 Å². The van der Waals surface area contributed by atoms with Gasteiger partial charge in [0.2, 0.25) is 10.0 Å². The van der Waals surface area contributed by atoms with Crippen molar-refractivity contribution in [3.05, 3.63) is 64.7 Å². The van der Waals surface area contributed by atoms with Crippen molar-refractivity contribution in [2.45, 2.75) is 31.1 Å². The summed E-state index contributed by atoms with van der Waals surface area (Å²) in [5.41, 5.74) is 3.71. The quantitative estimate of drug-likeness (QED) is 0.704. The van der Waals surface area contributed by atoms with Gasteiger partial charge in [0.05, 0.1) is 11.5 Å². The Labute approximate surface area is 172 Å². The molecule has 1 saturated heterocycles. The Bertz CT molecular complexity index is 988. The van der Waals surface area contributed by atoms with E-state index in [-0.39, 0.29) is 24.0 Å². The zero-order chi connectivity index (χ0) is 21.0. The van der Waals surface area contributed by atoms with E-state index >= 15 is 0 Å². The van der Waals surface area contributed by atoms with E-state index in [2.05, 4.69) is 23.8 Å². The van der Waals surface area contributed by atoms with Gasteiger partial charge in [-0.3, -0.25) is 4.79 Å².